The van der Waals surface area contributed by atoms with Crippen LogP contribution in [-0.2, 0) is 9.53 Å². The van der Waals surface area contributed by atoms with E-state index >= 15 is 0 Å². The van der Waals surface area contributed by atoms with E-state index in [1.807, 2.05) is 6.92 Å². The number of hydrogen-bond donors (Lipinski definition) is 2. The van der Waals surface area contributed by atoms with E-state index in [4.69, 9.17) is 9.84 Å². The van der Waals surface area contributed by atoms with Crippen LogP contribution in [0.15, 0.2) is 0 Å². The van der Waals surface area contributed by atoms with Crippen LogP contribution in [0.1, 0.15) is 13.3 Å². The number of urea groups is 1. The first-order valence-corrected chi connectivity index (χ1v) is 4.69. The predicted molar refractivity (Wildman–Crippen MR) is 54.8 cm³/mol. The highest BCUT2D eigenvalue weighted by Crippen LogP contribution is 1.93. The van der Waals surface area contributed by atoms with Gasteiger partial charge in [-0.15, -0.1) is 0 Å². The Kier molecular flexibility index (Phi) is 6.44. The summed E-state index contributed by atoms with van der Waals surface area (Å²) in [6.07, 6.45) is 0.698. The molecule has 0 radical (unpaired) electrons. The van der Waals surface area contributed by atoms with E-state index in [2.05, 4.69) is 5.32 Å². The molecule has 2 amide bonds. The van der Waals surface area contributed by atoms with E-state index in [1.165, 1.54) is 7.05 Å². The second-order valence-corrected chi connectivity index (χ2v) is 3.38. The number of carboxylic acids is 1. The van der Waals surface area contributed by atoms with Gasteiger partial charge in [0.05, 0.1) is 0 Å². The number of carbonyl (C=O) groups is 2. The molecule has 0 aliphatic heterocycles. The molecule has 0 aliphatic carbocycles. The summed E-state index contributed by atoms with van der Waals surface area (Å²) < 4.78 is 4.86. The van der Waals surface area contributed by atoms with Crippen LogP contribution in [0.5, 0.6) is 0 Å². The van der Waals surface area contributed by atoms with Gasteiger partial charge in [-0.2, -0.15) is 0 Å². The Morgan fingerprint density at radius 3 is 2.60 bits per heavy atom. The van der Waals surface area contributed by atoms with Crippen molar-refractivity contribution in [1.29, 1.82) is 0 Å². The molecule has 0 rings (SSSR count). The molecule has 6 nitrogen and oxygen atoms in total. The van der Waals surface area contributed by atoms with Gasteiger partial charge in [0, 0.05) is 26.8 Å². The van der Waals surface area contributed by atoms with Crippen molar-refractivity contribution >= 4 is 12.0 Å². The third-order valence-corrected chi connectivity index (χ3v) is 1.84. The highest BCUT2D eigenvalue weighted by molar-refractivity contribution is 5.79. The molecule has 2 N–H and O–H groups in total. The molecule has 0 aliphatic rings. The maximum absolute atomic E-state index is 11.4. The smallest absolute Gasteiger partial charge is 0.323 e. The number of carbonyl (C=O) groups excluding carboxylic acids is 1. The second kappa shape index (κ2) is 7.05. The van der Waals surface area contributed by atoms with Crippen molar-refractivity contribution in [2.75, 3.05) is 27.3 Å². The molecule has 0 aromatic carbocycles. The van der Waals surface area contributed by atoms with Crippen molar-refractivity contribution < 1.29 is 19.4 Å². The van der Waals surface area contributed by atoms with Gasteiger partial charge >= 0.3 is 12.0 Å². The lowest BCUT2D eigenvalue weighted by Gasteiger charge is -2.19. The number of nitrogens with one attached hydrogen (secondary N) is 1. The number of methoxy groups -OCH3 is 1. The van der Waals surface area contributed by atoms with Crippen LogP contribution >= 0.6 is 0 Å². The quantitative estimate of drug-likeness (QED) is 0.664. The number of carboxylic acid groups (broad SMARTS) is 1. The maximum atomic E-state index is 11.4. The molecule has 0 bridgehead atoms. The zero-order valence-corrected chi connectivity index (χ0v) is 9.32. The normalized spacial score (nSPS) is 11.9. The van der Waals surface area contributed by atoms with Gasteiger partial charge in [0.25, 0.3) is 0 Å². The summed E-state index contributed by atoms with van der Waals surface area (Å²) in [7, 11) is 3.03. The summed E-state index contributed by atoms with van der Waals surface area (Å²) in [5, 5.41) is 11.1. The third-order valence-electron chi connectivity index (χ3n) is 1.84. The Morgan fingerprint density at radius 2 is 2.13 bits per heavy atom. The molecule has 88 valence electrons. The molecule has 1 unspecified atom stereocenters. The Balaban J connectivity index is 3.85. The molecule has 0 saturated carbocycles. The van der Waals surface area contributed by atoms with Gasteiger partial charge in [0.2, 0.25) is 0 Å². The predicted octanol–water partition coefficient (Wildman–Crippen LogP) is 0.137. The minimum atomic E-state index is -1.03. The average molecular weight is 218 g/mol. The van der Waals surface area contributed by atoms with Crippen LogP contribution in [0, 0.1) is 0 Å². The number of amides is 2. The molecule has 0 heterocycles. The summed E-state index contributed by atoms with van der Waals surface area (Å²) in [5.41, 5.74) is 0. The summed E-state index contributed by atoms with van der Waals surface area (Å²) in [6.45, 7) is 2.10. The second-order valence-electron chi connectivity index (χ2n) is 3.38. The number of likely N-dealkylation sites (N-methyl/N-ethyl adjacent to an activating group) is 1. The molecule has 1 atom stereocenters. The molecule has 15 heavy (non-hydrogen) atoms. The molecular weight excluding hydrogens is 200 g/mol. The van der Waals surface area contributed by atoms with E-state index in [0.717, 1.165) is 4.90 Å². The van der Waals surface area contributed by atoms with Gasteiger partial charge in [0.15, 0.2) is 0 Å². The average Bonchev–Trinajstić information content (AvgIpc) is 2.13. The number of nitrogens with zero attached hydrogens (tertiary/aromatic N) is 1. The van der Waals surface area contributed by atoms with Crippen molar-refractivity contribution in [2.24, 2.45) is 0 Å². The molecular formula is C9H18N2O4. The lowest BCUT2D eigenvalue weighted by atomic mass is 10.2. The zero-order chi connectivity index (χ0) is 11.8. The van der Waals surface area contributed by atoms with Gasteiger partial charge in [-0.05, 0) is 13.3 Å². The molecule has 0 aromatic heterocycles. The first kappa shape index (κ1) is 13.7. The van der Waals surface area contributed by atoms with Crippen molar-refractivity contribution in [2.45, 2.75) is 19.4 Å². The van der Waals surface area contributed by atoms with Gasteiger partial charge < -0.3 is 20.1 Å². The topological polar surface area (TPSA) is 78.9 Å². The van der Waals surface area contributed by atoms with E-state index in [-0.39, 0.29) is 18.6 Å². The van der Waals surface area contributed by atoms with Crippen LogP contribution in [0.2, 0.25) is 0 Å². The molecule has 0 aromatic rings. The van der Waals surface area contributed by atoms with Crippen molar-refractivity contribution in [3.05, 3.63) is 0 Å². The van der Waals surface area contributed by atoms with Crippen LogP contribution in [0.25, 0.3) is 0 Å². The van der Waals surface area contributed by atoms with E-state index < -0.39 is 5.97 Å². The largest absolute Gasteiger partial charge is 0.480 e. The fourth-order valence-corrected chi connectivity index (χ4v) is 0.962. The fraction of sp³-hybridized carbons (Fsp3) is 0.778. The number of aliphatic carboxylic acids is 1. The summed E-state index contributed by atoms with van der Waals surface area (Å²) in [4.78, 5) is 22.8. The van der Waals surface area contributed by atoms with Gasteiger partial charge in [0.1, 0.15) is 6.54 Å². The lowest BCUT2D eigenvalue weighted by molar-refractivity contribution is -0.137. The van der Waals surface area contributed by atoms with E-state index in [1.54, 1.807) is 7.11 Å². The fourth-order valence-electron chi connectivity index (χ4n) is 0.962. The van der Waals surface area contributed by atoms with E-state index in [0.29, 0.717) is 13.0 Å². The van der Waals surface area contributed by atoms with Crippen LogP contribution in [-0.4, -0.2) is 55.4 Å². The number of ether oxygens (including phenoxy) is 1. The molecule has 0 spiro atoms. The van der Waals surface area contributed by atoms with Crippen molar-refractivity contribution in [1.82, 2.24) is 10.2 Å². The Morgan fingerprint density at radius 1 is 1.53 bits per heavy atom. The first-order chi connectivity index (χ1) is 6.97. The van der Waals surface area contributed by atoms with E-state index in [9.17, 15) is 9.59 Å². The summed E-state index contributed by atoms with van der Waals surface area (Å²) in [5.74, 6) is -1.03. The minimum Gasteiger partial charge on any atom is -0.480 e. The molecule has 6 heteroatoms. The van der Waals surface area contributed by atoms with Gasteiger partial charge in [-0.3, -0.25) is 4.79 Å². The Hall–Kier alpha value is -1.30. The highest BCUT2D eigenvalue weighted by Gasteiger charge is 2.13. The standard InChI is InChI=1S/C9H18N2O4/c1-7(4-5-15-3)10-9(14)11(2)6-8(12)13/h7H,4-6H2,1-3H3,(H,10,14)(H,12,13). The Bertz CT molecular complexity index is 220. The summed E-state index contributed by atoms with van der Waals surface area (Å²) >= 11 is 0. The number of rotatable bonds is 6. The van der Waals surface area contributed by atoms with Crippen molar-refractivity contribution in [3.63, 3.8) is 0 Å². The van der Waals surface area contributed by atoms with Crippen LogP contribution in [0.3, 0.4) is 0 Å². The number of hydrogen-bond acceptors (Lipinski definition) is 3. The van der Waals surface area contributed by atoms with Crippen LogP contribution in [0.4, 0.5) is 4.79 Å². The summed E-state index contributed by atoms with van der Waals surface area (Å²) in [6, 6.07) is -0.422. The lowest BCUT2D eigenvalue weighted by Crippen LogP contribution is -2.44. The zero-order valence-electron chi connectivity index (χ0n) is 9.32. The third kappa shape index (κ3) is 6.73. The monoisotopic (exact) mass is 218 g/mol. The Labute approximate surface area is 89.2 Å². The highest BCUT2D eigenvalue weighted by atomic mass is 16.5. The minimum absolute atomic E-state index is 0.0336. The maximum Gasteiger partial charge on any atom is 0.323 e. The van der Waals surface area contributed by atoms with Gasteiger partial charge in [-0.25, -0.2) is 4.79 Å². The van der Waals surface area contributed by atoms with Gasteiger partial charge in [-0.1, -0.05) is 0 Å². The molecule has 0 fully saturated rings. The first-order valence-electron chi connectivity index (χ1n) is 4.69. The SMILES string of the molecule is COCCC(C)NC(=O)N(C)CC(=O)O. The van der Waals surface area contributed by atoms with Crippen molar-refractivity contribution in [3.8, 4) is 0 Å². The van der Waals surface area contributed by atoms with Crippen LogP contribution < -0.4 is 5.32 Å². The molecule has 0 saturated heterocycles.